The highest BCUT2D eigenvalue weighted by atomic mass is 35.5. The molecule has 1 aromatic carbocycles. The third kappa shape index (κ3) is 2.33. The van der Waals surface area contributed by atoms with Crippen LogP contribution >= 0.6 is 11.6 Å². The Bertz CT molecular complexity index is 492. The van der Waals surface area contributed by atoms with Gasteiger partial charge in [0.2, 0.25) is 5.91 Å². The zero-order chi connectivity index (χ0) is 14.2. The maximum Gasteiger partial charge on any atom is 0.233 e. The zero-order valence-electron chi connectivity index (χ0n) is 11.9. The number of benzene rings is 1. The molecular weight excluding hydrogens is 272 g/mol. The third-order valence-electron chi connectivity index (χ3n) is 4.91. The van der Waals surface area contributed by atoms with E-state index in [0.717, 1.165) is 51.1 Å². The highest BCUT2D eigenvalue weighted by molar-refractivity contribution is 6.30. The van der Waals surface area contributed by atoms with Crippen molar-refractivity contribution in [1.82, 2.24) is 4.90 Å². The average molecular weight is 293 g/mol. The van der Waals surface area contributed by atoms with Crippen molar-refractivity contribution in [3.8, 4) is 0 Å². The first-order valence-electron chi connectivity index (χ1n) is 7.44. The lowest BCUT2D eigenvalue weighted by molar-refractivity contribution is -0.127. The molecule has 1 spiro atoms. The highest BCUT2D eigenvalue weighted by Gasteiger charge is 2.48. The second-order valence-corrected chi connectivity index (χ2v) is 6.33. The van der Waals surface area contributed by atoms with Gasteiger partial charge >= 0.3 is 0 Å². The van der Waals surface area contributed by atoms with Gasteiger partial charge in [0.1, 0.15) is 0 Å². The molecule has 0 N–H and O–H groups in total. The Morgan fingerprint density at radius 1 is 1.10 bits per heavy atom. The van der Waals surface area contributed by atoms with Gasteiger partial charge in [-0.05, 0) is 63.2 Å². The number of halogens is 1. The SMILES string of the molecule is CCN1CCC2(CC1)CCN(c1ccc(Cl)cc1)C2=O. The summed E-state index contributed by atoms with van der Waals surface area (Å²) >= 11 is 5.92. The minimum absolute atomic E-state index is 0.106. The Kier molecular flexibility index (Phi) is 3.74. The van der Waals surface area contributed by atoms with Gasteiger partial charge in [-0.1, -0.05) is 18.5 Å². The van der Waals surface area contributed by atoms with Gasteiger partial charge in [0.15, 0.2) is 0 Å². The van der Waals surface area contributed by atoms with E-state index in [2.05, 4.69) is 11.8 Å². The summed E-state index contributed by atoms with van der Waals surface area (Å²) in [7, 11) is 0. The largest absolute Gasteiger partial charge is 0.312 e. The van der Waals surface area contributed by atoms with E-state index in [4.69, 9.17) is 11.6 Å². The standard InChI is InChI=1S/C16H21ClN2O/c1-2-18-10-7-16(8-11-18)9-12-19(15(16)20)14-5-3-13(17)4-6-14/h3-6H,2,7-12H2,1H3. The lowest BCUT2D eigenvalue weighted by Crippen LogP contribution is -2.44. The molecule has 0 aromatic heterocycles. The van der Waals surface area contributed by atoms with Crippen LogP contribution in [0.15, 0.2) is 24.3 Å². The van der Waals surface area contributed by atoms with Crippen LogP contribution in [0.3, 0.4) is 0 Å². The molecule has 0 aliphatic carbocycles. The number of anilines is 1. The van der Waals surface area contributed by atoms with E-state index < -0.39 is 0 Å². The highest BCUT2D eigenvalue weighted by Crippen LogP contribution is 2.43. The molecule has 2 heterocycles. The predicted octanol–water partition coefficient (Wildman–Crippen LogP) is 3.18. The normalized spacial score (nSPS) is 22.7. The molecule has 0 unspecified atom stereocenters. The van der Waals surface area contributed by atoms with Crippen LogP contribution in [0.2, 0.25) is 5.02 Å². The Labute approximate surface area is 125 Å². The number of piperidine rings is 1. The van der Waals surface area contributed by atoms with Crippen molar-refractivity contribution < 1.29 is 4.79 Å². The molecule has 1 amide bonds. The van der Waals surface area contributed by atoms with E-state index in [1.54, 1.807) is 0 Å². The van der Waals surface area contributed by atoms with Crippen LogP contribution in [-0.2, 0) is 4.79 Å². The molecule has 3 nitrogen and oxygen atoms in total. The van der Waals surface area contributed by atoms with E-state index >= 15 is 0 Å². The van der Waals surface area contributed by atoms with E-state index in [1.807, 2.05) is 29.2 Å². The quantitative estimate of drug-likeness (QED) is 0.836. The number of nitrogens with zero attached hydrogens (tertiary/aromatic N) is 2. The summed E-state index contributed by atoms with van der Waals surface area (Å²) in [5, 5.41) is 0.714. The molecule has 0 radical (unpaired) electrons. The van der Waals surface area contributed by atoms with E-state index in [-0.39, 0.29) is 5.41 Å². The Balaban J connectivity index is 1.76. The van der Waals surface area contributed by atoms with Gasteiger partial charge in [-0.2, -0.15) is 0 Å². The molecule has 2 saturated heterocycles. The van der Waals surface area contributed by atoms with Gasteiger partial charge in [-0.15, -0.1) is 0 Å². The fourth-order valence-corrected chi connectivity index (χ4v) is 3.58. The maximum atomic E-state index is 12.8. The molecule has 0 bridgehead atoms. The fraction of sp³-hybridized carbons (Fsp3) is 0.562. The van der Waals surface area contributed by atoms with Crippen LogP contribution in [0, 0.1) is 5.41 Å². The molecule has 2 aliphatic heterocycles. The molecule has 0 atom stereocenters. The number of likely N-dealkylation sites (tertiary alicyclic amines) is 1. The number of hydrogen-bond donors (Lipinski definition) is 0. The minimum atomic E-state index is -0.106. The summed E-state index contributed by atoms with van der Waals surface area (Å²) in [6.45, 7) is 6.22. The number of rotatable bonds is 2. The third-order valence-corrected chi connectivity index (χ3v) is 5.16. The average Bonchev–Trinajstić information content (AvgIpc) is 2.79. The van der Waals surface area contributed by atoms with Crippen molar-refractivity contribution in [2.75, 3.05) is 31.1 Å². The van der Waals surface area contributed by atoms with Crippen LogP contribution in [0.1, 0.15) is 26.2 Å². The minimum Gasteiger partial charge on any atom is -0.312 e. The second kappa shape index (κ2) is 5.38. The number of carbonyl (C=O) groups is 1. The van der Waals surface area contributed by atoms with Crippen LogP contribution in [0.4, 0.5) is 5.69 Å². The van der Waals surface area contributed by atoms with Crippen molar-refractivity contribution >= 4 is 23.2 Å². The topological polar surface area (TPSA) is 23.6 Å². The summed E-state index contributed by atoms with van der Waals surface area (Å²) in [4.78, 5) is 17.2. The Morgan fingerprint density at radius 3 is 2.30 bits per heavy atom. The second-order valence-electron chi connectivity index (χ2n) is 5.90. The summed E-state index contributed by atoms with van der Waals surface area (Å²) in [5.41, 5.74) is 0.875. The van der Waals surface area contributed by atoms with Crippen molar-refractivity contribution in [3.63, 3.8) is 0 Å². The van der Waals surface area contributed by atoms with Crippen molar-refractivity contribution in [1.29, 1.82) is 0 Å². The van der Waals surface area contributed by atoms with E-state index in [0.29, 0.717) is 10.9 Å². The number of amides is 1. The molecule has 2 aliphatic rings. The Morgan fingerprint density at radius 2 is 1.70 bits per heavy atom. The first kappa shape index (κ1) is 13.9. The van der Waals surface area contributed by atoms with Crippen LogP contribution in [0.5, 0.6) is 0 Å². The van der Waals surface area contributed by atoms with Crippen LogP contribution in [0.25, 0.3) is 0 Å². The smallest absolute Gasteiger partial charge is 0.233 e. The van der Waals surface area contributed by atoms with Crippen LogP contribution in [-0.4, -0.2) is 37.0 Å². The van der Waals surface area contributed by atoms with Crippen molar-refractivity contribution in [2.24, 2.45) is 5.41 Å². The summed E-state index contributed by atoms with van der Waals surface area (Å²) in [6.07, 6.45) is 3.00. The van der Waals surface area contributed by atoms with Gasteiger partial charge in [-0.3, -0.25) is 4.79 Å². The van der Waals surface area contributed by atoms with Crippen molar-refractivity contribution in [3.05, 3.63) is 29.3 Å². The Hall–Kier alpha value is -1.06. The number of hydrogen-bond acceptors (Lipinski definition) is 2. The van der Waals surface area contributed by atoms with Gasteiger partial charge < -0.3 is 9.80 Å². The number of carbonyl (C=O) groups excluding carboxylic acids is 1. The first-order valence-corrected chi connectivity index (χ1v) is 7.82. The van der Waals surface area contributed by atoms with Gasteiger partial charge in [0.25, 0.3) is 0 Å². The van der Waals surface area contributed by atoms with Crippen molar-refractivity contribution in [2.45, 2.75) is 26.2 Å². The monoisotopic (exact) mass is 292 g/mol. The van der Waals surface area contributed by atoms with Gasteiger partial charge in [0.05, 0.1) is 5.41 Å². The fourth-order valence-electron chi connectivity index (χ4n) is 3.45. The molecule has 3 rings (SSSR count). The maximum absolute atomic E-state index is 12.8. The lowest BCUT2D eigenvalue weighted by atomic mass is 9.77. The molecule has 0 saturated carbocycles. The summed E-state index contributed by atoms with van der Waals surface area (Å²) in [6, 6.07) is 7.60. The molecule has 108 valence electrons. The lowest BCUT2D eigenvalue weighted by Gasteiger charge is -2.37. The summed E-state index contributed by atoms with van der Waals surface area (Å²) < 4.78 is 0. The zero-order valence-corrected chi connectivity index (χ0v) is 12.7. The van der Waals surface area contributed by atoms with E-state index in [9.17, 15) is 4.79 Å². The van der Waals surface area contributed by atoms with Crippen LogP contribution < -0.4 is 4.90 Å². The summed E-state index contributed by atoms with van der Waals surface area (Å²) in [5.74, 6) is 0.315. The predicted molar refractivity (Wildman–Crippen MR) is 82.2 cm³/mol. The molecular formula is C16H21ClN2O. The molecule has 1 aromatic rings. The first-order chi connectivity index (χ1) is 9.64. The van der Waals surface area contributed by atoms with Gasteiger partial charge in [0, 0.05) is 17.3 Å². The molecule has 2 fully saturated rings. The van der Waals surface area contributed by atoms with Gasteiger partial charge in [-0.25, -0.2) is 0 Å². The molecule has 20 heavy (non-hydrogen) atoms. The molecule has 4 heteroatoms. The van der Waals surface area contributed by atoms with E-state index in [1.165, 1.54) is 0 Å².